The van der Waals surface area contributed by atoms with Crippen LogP contribution in [0.2, 0.25) is 5.02 Å². The average Bonchev–Trinajstić information content (AvgIpc) is 3.90. The van der Waals surface area contributed by atoms with Gasteiger partial charge in [-0.05, 0) is 107 Å². The minimum Gasteiger partial charge on any atom is -0.354 e. The van der Waals surface area contributed by atoms with Gasteiger partial charge >= 0.3 is 0 Å². The van der Waals surface area contributed by atoms with Crippen LogP contribution in [0.15, 0.2) is 36.7 Å². The lowest BCUT2D eigenvalue weighted by Gasteiger charge is -2.29. The maximum Gasteiger partial charge on any atom is 0.255 e. The maximum absolute atomic E-state index is 13.2. The van der Waals surface area contributed by atoms with E-state index in [9.17, 15) is 24.0 Å². The van der Waals surface area contributed by atoms with Crippen LogP contribution in [0.3, 0.4) is 0 Å². The molecule has 4 aliphatic rings. The molecule has 0 spiro atoms. The Morgan fingerprint density at radius 1 is 0.895 bits per heavy atom. The number of amides is 3. The summed E-state index contributed by atoms with van der Waals surface area (Å²) in [4.78, 5) is 74.4. The summed E-state index contributed by atoms with van der Waals surface area (Å²) in [6, 6.07) is 6.96. The summed E-state index contributed by atoms with van der Waals surface area (Å²) in [7, 11) is 2.09. The zero-order valence-corrected chi connectivity index (χ0v) is 33.9. The lowest BCUT2D eigenvalue weighted by molar-refractivity contribution is -0.128. The number of Topliss-reactive ketones (excluding diaryl/α,β-unsaturated/α-hetero) is 2. The molecule has 2 aromatic heterocycles. The zero-order chi connectivity index (χ0) is 39.9. The van der Waals surface area contributed by atoms with Gasteiger partial charge in [-0.25, -0.2) is 9.97 Å². The average molecular weight is 798 g/mol. The second-order valence-corrected chi connectivity index (χ2v) is 17.1. The number of anilines is 1. The van der Waals surface area contributed by atoms with Gasteiger partial charge in [-0.1, -0.05) is 30.5 Å². The molecule has 0 bridgehead atoms. The molecule has 3 heterocycles. The summed E-state index contributed by atoms with van der Waals surface area (Å²) in [6.07, 6.45) is 17.8. The molecule has 3 aliphatic carbocycles. The van der Waals surface area contributed by atoms with Gasteiger partial charge in [0.2, 0.25) is 11.8 Å². The second kappa shape index (κ2) is 18.9. The van der Waals surface area contributed by atoms with Crippen LogP contribution in [0.1, 0.15) is 124 Å². The van der Waals surface area contributed by atoms with Gasteiger partial charge in [0.25, 0.3) is 5.91 Å². The van der Waals surface area contributed by atoms with E-state index < -0.39 is 6.04 Å². The highest BCUT2D eigenvalue weighted by molar-refractivity contribution is 6.32. The number of carbonyl (C=O) groups excluding carboxylic acids is 5. The summed E-state index contributed by atoms with van der Waals surface area (Å²) in [5, 5.41) is 9.98. The fraction of sp³-hybridized carbons (Fsp3) is 0.568. The third kappa shape index (κ3) is 10.6. The number of fused-ring (bicyclic) bond motifs is 1. The van der Waals surface area contributed by atoms with E-state index in [2.05, 4.69) is 44.8 Å². The van der Waals surface area contributed by atoms with Crippen LogP contribution in [-0.4, -0.2) is 73.9 Å². The number of halogens is 1. The van der Waals surface area contributed by atoms with Crippen LogP contribution in [0.4, 0.5) is 5.69 Å². The third-order valence-electron chi connectivity index (χ3n) is 12.2. The van der Waals surface area contributed by atoms with Crippen molar-refractivity contribution < 1.29 is 24.0 Å². The first-order valence-corrected chi connectivity index (χ1v) is 21.4. The highest BCUT2D eigenvalue weighted by Gasteiger charge is 2.39. The van der Waals surface area contributed by atoms with Crippen LogP contribution < -0.4 is 16.0 Å². The first kappa shape index (κ1) is 40.8. The first-order chi connectivity index (χ1) is 27.6. The van der Waals surface area contributed by atoms with E-state index in [1.165, 1.54) is 18.5 Å². The zero-order valence-electron chi connectivity index (χ0n) is 33.1. The van der Waals surface area contributed by atoms with Crippen molar-refractivity contribution in [2.24, 2.45) is 18.9 Å². The van der Waals surface area contributed by atoms with Crippen molar-refractivity contribution in [3.8, 4) is 11.3 Å². The molecule has 1 atom stereocenters. The Hall–Kier alpha value is -4.42. The van der Waals surface area contributed by atoms with Crippen molar-refractivity contribution >= 4 is 46.6 Å². The second-order valence-electron chi connectivity index (χ2n) is 16.7. The molecule has 0 radical (unpaired) electrons. The fourth-order valence-electron chi connectivity index (χ4n) is 8.78. The maximum atomic E-state index is 13.2. The van der Waals surface area contributed by atoms with Gasteiger partial charge < -0.3 is 25.4 Å². The number of aromatic nitrogens is 3. The van der Waals surface area contributed by atoms with Crippen molar-refractivity contribution in [2.75, 3.05) is 18.4 Å². The van der Waals surface area contributed by atoms with Gasteiger partial charge in [-0.15, -0.1) is 0 Å². The monoisotopic (exact) mass is 797 g/mol. The van der Waals surface area contributed by atoms with Crippen molar-refractivity contribution in [1.29, 1.82) is 0 Å². The fourth-order valence-corrected chi connectivity index (χ4v) is 8.97. The van der Waals surface area contributed by atoms with E-state index >= 15 is 0 Å². The molecule has 57 heavy (non-hydrogen) atoms. The van der Waals surface area contributed by atoms with E-state index in [1.807, 2.05) is 0 Å². The highest BCUT2D eigenvalue weighted by Crippen LogP contribution is 2.38. The number of benzene rings is 1. The van der Waals surface area contributed by atoms with Gasteiger partial charge in [0, 0.05) is 79.4 Å². The smallest absolute Gasteiger partial charge is 0.255 e. The Balaban J connectivity index is 0.748. The Labute approximate surface area is 340 Å². The molecule has 1 unspecified atom stereocenters. The molecule has 13 heteroatoms. The van der Waals surface area contributed by atoms with Crippen molar-refractivity contribution in [3.05, 3.63) is 64.3 Å². The molecule has 3 fully saturated rings. The molecular formula is C44H56ClN7O5. The number of unbranched alkanes of at least 4 members (excludes halogenated alkanes) is 3. The number of aryl methyl sites for hydroxylation is 1. The van der Waals surface area contributed by atoms with Crippen LogP contribution in [0.25, 0.3) is 11.3 Å². The summed E-state index contributed by atoms with van der Waals surface area (Å²) in [5.41, 5.74) is 5.01. The van der Waals surface area contributed by atoms with E-state index in [0.717, 1.165) is 87.2 Å². The third-order valence-corrected chi connectivity index (χ3v) is 12.5. The highest BCUT2D eigenvalue weighted by atomic mass is 35.5. The molecule has 3 N–H and O–H groups in total. The van der Waals surface area contributed by atoms with Crippen molar-refractivity contribution in [2.45, 2.75) is 128 Å². The molecule has 1 aliphatic heterocycles. The van der Waals surface area contributed by atoms with Crippen LogP contribution in [-0.2, 0) is 45.6 Å². The molecule has 3 saturated carbocycles. The normalized spacial score (nSPS) is 21.1. The molecular weight excluding hydrogens is 742 g/mol. The summed E-state index contributed by atoms with van der Waals surface area (Å²) < 4.78 is 2.19. The molecule has 0 saturated heterocycles. The van der Waals surface area contributed by atoms with Gasteiger partial charge in [-0.3, -0.25) is 24.0 Å². The van der Waals surface area contributed by atoms with Crippen LogP contribution in [0.5, 0.6) is 0 Å². The number of hydrogen-bond acceptors (Lipinski definition) is 8. The topological polar surface area (TPSA) is 155 Å². The predicted octanol–water partition coefficient (Wildman–Crippen LogP) is 6.52. The van der Waals surface area contributed by atoms with Crippen molar-refractivity contribution in [1.82, 2.24) is 30.1 Å². The van der Waals surface area contributed by atoms with Gasteiger partial charge in [0.1, 0.15) is 11.6 Å². The van der Waals surface area contributed by atoms with Gasteiger partial charge in [-0.2, -0.15) is 0 Å². The minimum atomic E-state index is -0.607. The number of nitrogens with zero attached hydrogens (tertiary/aromatic N) is 4. The SMILES string of the molecule is Cn1ccc(-c2nc(CC3CCC(NC(=O)CCCCCCNCC(=O)Nc4cccc5c4CN(C4CCCC(=O)CC4=O)C5=O)CC3)ncc2Cl)c1CC1CC1. The lowest BCUT2D eigenvalue weighted by Crippen LogP contribution is -2.41. The predicted molar refractivity (Wildman–Crippen MR) is 219 cm³/mol. The van der Waals surface area contributed by atoms with E-state index in [-0.39, 0.29) is 54.8 Å². The van der Waals surface area contributed by atoms with E-state index in [1.54, 1.807) is 29.3 Å². The number of carbonyl (C=O) groups is 5. The van der Waals surface area contributed by atoms with Crippen LogP contribution >= 0.6 is 11.6 Å². The Morgan fingerprint density at radius 2 is 1.67 bits per heavy atom. The standard InChI is InChI=1S/C44H56ClN7O5/c1-51-21-19-33(38(51)22-28-13-14-28)43-35(45)25-47-40(50-43)23-29-15-17-30(18-16-29)48-41(55)12-4-2-3-5-20-46-26-42(56)49-36-10-7-9-32-34(36)27-52(44(32)57)37-11-6-8-31(53)24-39(37)54/h7,9-10,19,21,25,28-30,37,46H,2-6,8,11-18,20,22-24,26-27H2,1H3,(H,48,55)(H,49,56). The van der Waals surface area contributed by atoms with Crippen molar-refractivity contribution in [3.63, 3.8) is 0 Å². The Kier molecular flexibility index (Phi) is 13.5. The number of nitrogens with one attached hydrogen (secondary N) is 3. The van der Waals surface area contributed by atoms with Crippen LogP contribution in [0, 0.1) is 11.8 Å². The molecule has 304 valence electrons. The number of hydrogen-bond donors (Lipinski definition) is 3. The Bertz CT molecular complexity index is 1970. The quantitative estimate of drug-likeness (QED) is 0.0793. The molecule has 12 nitrogen and oxygen atoms in total. The van der Waals surface area contributed by atoms with E-state index in [4.69, 9.17) is 16.6 Å². The first-order valence-electron chi connectivity index (χ1n) is 21.1. The molecule has 7 rings (SSSR count). The Morgan fingerprint density at radius 3 is 2.47 bits per heavy atom. The number of rotatable bonds is 17. The summed E-state index contributed by atoms with van der Waals surface area (Å²) >= 11 is 6.61. The van der Waals surface area contributed by atoms with E-state index in [0.29, 0.717) is 60.0 Å². The minimum absolute atomic E-state index is 0.0722. The van der Waals surface area contributed by atoms with Gasteiger partial charge in [0.05, 0.1) is 29.7 Å². The molecule has 3 aromatic rings. The number of ketones is 2. The van der Waals surface area contributed by atoms with Gasteiger partial charge in [0.15, 0.2) is 5.78 Å². The lowest BCUT2D eigenvalue weighted by atomic mass is 9.84. The largest absolute Gasteiger partial charge is 0.354 e. The molecule has 1 aromatic carbocycles. The summed E-state index contributed by atoms with van der Waals surface area (Å²) in [5.74, 6) is 1.51. The molecule has 3 amide bonds. The summed E-state index contributed by atoms with van der Waals surface area (Å²) in [6.45, 7) is 1.05.